The van der Waals surface area contributed by atoms with E-state index in [4.69, 9.17) is 9.40 Å². The molecule has 0 saturated heterocycles. The van der Waals surface area contributed by atoms with Crippen molar-refractivity contribution in [3.8, 4) is 0 Å². The minimum Gasteiger partial charge on any atom is -0.467 e. The molecule has 2 heterocycles. The van der Waals surface area contributed by atoms with Crippen LogP contribution in [-0.2, 0) is 13.1 Å². The molecule has 1 fully saturated rings. The van der Waals surface area contributed by atoms with Crippen molar-refractivity contribution in [3.05, 3.63) is 35.2 Å². The summed E-state index contributed by atoms with van der Waals surface area (Å²) in [5, 5.41) is 6.76. The Labute approximate surface area is 130 Å². The summed E-state index contributed by atoms with van der Waals surface area (Å²) in [7, 11) is 0. The smallest absolute Gasteiger partial charge is 0.186 e. The molecular weight excluding hydrogens is 282 g/mol. The minimum absolute atomic E-state index is 0.119. The van der Waals surface area contributed by atoms with Crippen LogP contribution in [0.25, 0.3) is 0 Å². The normalized spacial score (nSPS) is 15.4. The summed E-state index contributed by atoms with van der Waals surface area (Å²) in [6.07, 6.45) is 4.26. The van der Waals surface area contributed by atoms with Crippen molar-refractivity contribution >= 4 is 16.5 Å². The fourth-order valence-corrected chi connectivity index (χ4v) is 3.07. The van der Waals surface area contributed by atoms with Crippen molar-refractivity contribution < 1.29 is 4.42 Å². The fourth-order valence-electron chi connectivity index (χ4n) is 2.17. The van der Waals surface area contributed by atoms with Crippen LogP contribution in [0.3, 0.4) is 0 Å². The molecule has 5 heteroatoms. The van der Waals surface area contributed by atoms with Gasteiger partial charge in [-0.2, -0.15) is 0 Å². The topological polar surface area (TPSA) is 41.3 Å². The van der Waals surface area contributed by atoms with Crippen molar-refractivity contribution in [2.75, 3.05) is 4.90 Å². The average molecular weight is 305 g/mol. The van der Waals surface area contributed by atoms with Crippen molar-refractivity contribution in [2.24, 2.45) is 0 Å². The maximum absolute atomic E-state index is 5.49. The van der Waals surface area contributed by atoms with Crippen molar-refractivity contribution in [1.82, 2.24) is 10.3 Å². The molecule has 2 aromatic heterocycles. The molecule has 0 bridgehead atoms. The Morgan fingerprint density at radius 2 is 2.24 bits per heavy atom. The zero-order valence-corrected chi connectivity index (χ0v) is 13.7. The van der Waals surface area contributed by atoms with E-state index >= 15 is 0 Å². The van der Waals surface area contributed by atoms with E-state index in [-0.39, 0.29) is 5.54 Å². The third-order valence-electron chi connectivity index (χ3n) is 3.48. The number of furan rings is 1. The predicted octanol–water partition coefficient (Wildman–Crippen LogP) is 3.79. The van der Waals surface area contributed by atoms with Gasteiger partial charge in [-0.3, -0.25) is 0 Å². The first-order chi connectivity index (χ1) is 10.0. The predicted molar refractivity (Wildman–Crippen MR) is 86.6 cm³/mol. The quantitative estimate of drug-likeness (QED) is 0.881. The third kappa shape index (κ3) is 4.08. The van der Waals surface area contributed by atoms with E-state index in [1.165, 1.54) is 12.8 Å². The highest BCUT2D eigenvalue weighted by Gasteiger charge is 2.31. The summed E-state index contributed by atoms with van der Waals surface area (Å²) < 4.78 is 5.49. The maximum Gasteiger partial charge on any atom is 0.186 e. The van der Waals surface area contributed by atoms with Crippen LogP contribution in [0.15, 0.2) is 28.2 Å². The molecule has 4 nitrogen and oxygen atoms in total. The maximum atomic E-state index is 5.49. The first-order valence-electron chi connectivity index (χ1n) is 7.50. The second-order valence-electron chi connectivity index (χ2n) is 6.66. The number of nitrogens with one attached hydrogen (secondary N) is 1. The van der Waals surface area contributed by atoms with Crippen LogP contribution in [0.5, 0.6) is 0 Å². The standard InChI is InChI=1S/C16H23N3OS/c1-16(2,3)17-9-12-11-21-15(18-12)19(13-6-7-13)10-14-5-4-8-20-14/h4-5,8,11,13,17H,6-7,9-10H2,1-3H3. The van der Waals surface area contributed by atoms with Crippen LogP contribution in [-0.4, -0.2) is 16.6 Å². The van der Waals surface area contributed by atoms with Crippen LogP contribution in [0.4, 0.5) is 5.13 Å². The molecule has 1 N–H and O–H groups in total. The van der Waals surface area contributed by atoms with Crippen LogP contribution < -0.4 is 10.2 Å². The second-order valence-corrected chi connectivity index (χ2v) is 7.50. The number of aromatic nitrogens is 1. The molecule has 0 spiro atoms. The van der Waals surface area contributed by atoms with Gasteiger partial charge < -0.3 is 14.6 Å². The fraction of sp³-hybridized carbons (Fsp3) is 0.562. The van der Waals surface area contributed by atoms with Gasteiger partial charge in [0.25, 0.3) is 0 Å². The largest absolute Gasteiger partial charge is 0.467 e. The van der Waals surface area contributed by atoms with Crippen molar-refractivity contribution in [3.63, 3.8) is 0 Å². The molecule has 0 aromatic carbocycles. The lowest BCUT2D eigenvalue weighted by Crippen LogP contribution is -2.35. The molecule has 1 aliphatic carbocycles. The highest BCUT2D eigenvalue weighted by Crippen LogP contribution is 2.34. The van der Waals surface area contributed by atoms with E-state index in [2.05, 4.69) is 36.4 Å². The Morgan fingerprint density at radius 1 is 1.43 bits per heavy atom. The Morgan fingerprint density at radius 3 is 2.86 bits per heavy atom. The zero-order valence-electron chi connectivity index (χ0n) is 12.9. The Balaban J connectivity index is 1.67. The Kier molecular flexibility index (Phi) is 4.04. The molecule has 114 valence electrons. The monoisotopic (exact) mass is 305 g/mol. The summed E-state index contributed by atoms with van der Waals surface area (Å²) in [6.45, 7) is 8.16. The lowest BCUT2D eigenvalue weighted by molar-refractivity contribution is 0.422. The number of nitrogens with zero attached hydrogens (tertiary/aromatic N) is 2. The number of hydrogen-bond donors (Lipinski definition) is 1. The van der Waals surface area contributed by atoms with Gasteiger partial charge in [0.05, 0.1) is 18.5 Å². The van der Waals surface area contributed by atoms with Gasteiger partial charge >= 0.3 is 0 Å². The second kappa shape index (κ2) is 5.81. The molecule has 0 amide bonds. The Bertz CT molecular complexity index is 567. The molecule has 1 aliphatic rings. The van der Waals surface area contributed by atoms with Gasteiger partial charge in [-0.25, -0.2) is 4.98 Å². The van der Waals surface area contributed by atoms with Crippen LogP contribution in [0.2, 0.25) is 0 Å². The summed E-state index contributed by atoms with van der Waals surface area (Å²) >= 11 is 1.73. The van der Waals surface area contributed by atoms with Gasteiger partial charge in [-0.05, 0) is 45.7 Å². The van der Waals surface area contributed by atoms with Gasteiger partial charge in [0.2, 0.25) is 0 Å². The van der Waals surface area contributed by atoms with E-state index < -0.39 is 0 Å². The van der Waals surface area contributed by atoms with Crippen LogP contribution >= 0.6 is 11.3 Å². The van der Waals surface area contributed by atoms with Gasteiger partial charge in [-0.15, -0.1) is 11.3 Å². The number of thiazole rings is 1. The highest BCUT2D eigenvalue weighted by molar-refractivity contribution is 7.13. The van der Waals surface area contributed by atoms with Gasteiger partial charge in [-0.1, -0.05) is 0 Å². The van der Waals surface area contributed by atoms with Gasteiger partial charge in [0.15, 0.2) is 5.13 Å². The molecule has 1 saturated carbocycles. The summed E-state index contributed by atoms with van der Waals surface area (Å²) in [5.41, 5.74) is 1.24. The van der Waals surface area contributed by atoms with Crippen molar-refractivity contribution in [2.45, 2.75) is 58.3 Å². The molecule has 0 unspecified atom stereocenters. The van der Waals surface area contributed by atoms with E-state index in [0.717, 1.165) is 29.7 Å². The van der Waals surface area contributed by atoms with Gasteiger partial charge in [0.1, 0.15) is 5.76 Å². The molecule has 0 radical (unpaired) electrons. The summed E-state index contributed by atoms with van der Waals surface area (Å²) in [6, 6.07) is 4.61. The third-order valence-corrected chi connectivity index (χ3v) is 4.41. The molecular formula is C16H23N3OS. The van der Waals surface area contributed by atoms with E-state index in [9.17, 15) is 0 Å². The molecule has 2 aromatic rings. The lowest BCUT2D eigenvalue weighted by Gasteiger charge is -2.21. The van der Waals surface area contributed by atoms with E-state index in [0.29, 0.717) is 6.04 Å². The molecule has 21 heavy (non-hydrogen) atoms. The average Bonchev–Trinajstić information content (AvgIpc) is 2.94. The van der Waals surface area contributed by atoms with Gasteiger partial charge in [0, 0.05) is 23.5 Å². The Hall–Kier alpha value is -1.33. The van der Waals surface area contributed by atoms with E-state index in [1.807, 2.05) is 12.1 Å². The number of anilines is 1. The van der Waals surface area contributed by atoms with Crippen molar-refractivity contribution in [1.29, 1.82) is 0 Å². The van der Waals surface area contributed by atoms with E-state index in [1.54, 1.807) is 17.6 Å². The summed E-state index contributed by atoms with van der Waals surface area (Å²) in [4.78, 5) is 7.17. The highest BCUT2D eigenvalue weighted by atomic mass is 32.1. The minimum atomic E-state index is 0.119. The number of rotatable bonds is 6. The first-order valence-corrected chi connectivity index (χ1v) is 8.38. The molecule has 3 rings (SSSR count). The first kappa shape index (κ1) is 14.6. The lowest BCUT2D eigenvalue weighted by atomic mass is 10.1. The zero-order chi connectivity index (χ0) is 14.9. The van der Waals surface area contributed by atoms with Crippen LogP contribution in [0.1, 0.15) is 45.1 Å². The summed E-state index contributed by atoms with van der Waals surface area (Å²) in [5.74, 6) is 1.01. The molecule has 0 aliphatic heterocycles. The SMILES string of the molecule is CC(C)(C)NCc1csc(N(Cc2ccco2)C2CC2)n1. The number of hydrogen-bond acceptors (Lipinski definition) is 5. The molecule has 0 atom stereocenters. The van der Waals surface area contributed by atoms with Crippen LogP contribution in [0, 0.1) is 0 Å².